The van der Waals surface area contributed by atoms with Crippen LogP contribution in [0, 0.1) is 6.92 Å². The summed E-state index contributed by atoms with van der Waals surface area (Å²) >= 11 is 0. The summed E-state index contributed by atoms with van der Waals surface area (Å²) in [6, 6.07) is 13.6. The highest BCUT2D eigenvalue weighted by Crippen LogP contribution is 2.26. The van der Waals surface area contributed by atoms with Crippen LogP contribution in [0.5, 0.6) is 0 Å². The highest BCUT2D eigenvalue weighted by Gasteiger charge is 2.45. The van der Waals surface area contributed by atoms with E-state index in [0.717, 1.165) is 5.56 Å². The van der Waals surface area contributed by atoms with Crippen LogP contribution in [-0.2, 0) is 28.5 Å². The lowest BCUT2D eigenvalue weighted by molar-refractivity contribution is -0.232. The molecule has 1 fully saturated rings. The molecule has 0 unspecified atom stereocenters. The molecule has 4 atom stereocenters. The van der Waals surface area contributed by atoms with Gasteiger partial charge in [-0.1, -0.05) is 35.9 Å². The van der Waals surface area contributed by atoms with Crippen LogP contribution in [-0.4, -0.2) is 52.6 Å². The summed E-state index contributed by atoms with van der Waals surface area (Å²) in [7, 11) is -2.80. The number of benzene rings is 2. The molecule has 0 bridgehead atoms. The highest BCUT2D eigenvalue weighted by atomic mass is 32.2. The first-order valence-electron chi connectivity index (χ1n) is 8.98. The van der Waals surface area contributed by atoms with Crippen LogP contribution in [0.25, 0.3) is 0 Å². The molecule has 0 spiro atoms. The first kappa shape index (κ1) is 21.4. The van der Waals surface area contributed by atoms with E-state index in [0.29, 0.717) is 5.56 Å². The highest BCUT2D eigenvalue weighted by molar-refractivity contribution is 7.86. The lowest BCUT2D eigenvalue weighted by atomic mass is 10.0. The predicted molar refractivity (Wildman–Crippen MR) is 104 cm³/mol. The molecule has 2 aromatic rings. The fourth-order valence-corrected chi connectivity index (χ4v) is 4.04. The lowest BCUT2D eigenvalue weighted by Gasteiger charge is -2.39. The van der Waals surface area contributed by atoms with Crippen LogP contribution in [0.3, 0.4) is 0 Å². The Hall–Kier alpha value is -2.30. The van der Waals surface area contributed by atoms with E-state index in [1.54, 1.807) is 42.5 Å². The molecule has 1 saturated heterocycles. The number of rotatable bonds is 6. The largest absolute Gasteiger partial charge is 0.450 e. The Morgan fingerprint density at radius 2 is 1.72 bits per heavy atom. The minimum Gasteiger partial charge on any atom is -0.450 e. The zero-order chi connectivity index (χ0) is 21.0. The number of hydrogen-bond acceptors (Lipinski definition) is 8. The number of ether oxygens (including phenoxy) is 3. The molecule has 156 valence electrons. The minimum absolute atomic E-state index is 0.0218. The third-order valence-corrected chi connectivity index (χ3v) is 5.82. The molecule has 0 radical (unpaired) electrons. The van der Waals surface area contributed by atoms with Gasteiger partial charge in [0.1, 0.15) is 6.10 Å². The SMILES string of the molecule is CO[C@H]1OC[C@H](N)[C@@H](OS(=O)(=O)c2ccc(C)cc2)[C@H]1OC(=O)c1ccccc1. The normalized spacial score (nSPS) is 24.8. The molecule has 0 aliphatic carbocycles. The number of aryl methyl sites for hydroxylation is 1. The van der Waals surface area contributed by atoms with Crippen LogP contribution < -0.4 is 5.73 Å². The number of nitrogens with two attached hydrogens (primary N) is 1. The topological polar surface area (TPSA) is 114 Å². The van der Waals surface area contributed by atoms with Gasteiger partial charge < -0.3 is 19.9 Å². The average molecular weight is 421 g/mol. The number of hydrogen-bond donors (Lipinski definition) is 1. The quantitative estimate of drug-likeness (QED) is 0.553. The lowest BCUT2D eigenvalue weighted by Crippen LogP contribution is -2.59. The Morgan fingerprint density at radius 1 is 1.07 bits per heavy atom. The van der Waals surface area contributed by atoms with Crippen molar-refractivity contribution in [2.45, 2.75) is 36.4 Å². The fourth-order valence-electron chi connectivity index (χ4n) is 2.92. The Labute approximate surface area is 169 Å². The van der Waals surface area contributed by atoms with Gasteiger partial charge in [-0.3, -0.25) is 4.18 Å². The molecular formula is C20H23NO7S. The molecule has 1 aliphatic rings. The second-order valence-corrected chi connectivity index (χ2v) is 8.24. The van der Waals surface area contributed by atoms with Crippen molar-refractivity contribution < 1.29 is 31.6 Å². The van der Waals surface area contributed by atoms with Crippen LogP contribution in [0.2, 0.25) is 0 Å². The van der Waals surface area contributed by atoms with Crippen molar-refractivity contribution in [1.29, 1.82) is 0 Å². The van der Waals surface area contributed by atoms with E-state index in [4.69, 9.17) is 24.1 Å². The Bertz CT molecular complexity index is 931. The van der Waals surface area contributed by atoms with Crippen LogP contribution in [0.15, 0.2) is 59.5 Å². The zero-order valence-electron chi connectivity index (χ0n) is 16.1. The van der Waals surface area contributed by atoms with E-state index in [1.165, 1.54) is 19.2 Å². The van der Waals surface area contributed by atoms with Gasteiger partial charge in [0, 0.05) is 7.11 Å². The summed E-state index contributed by atoms with van der Waals surface area (Å²) in [5.74, 6) is -0.670. The van der Waals surface area contributed by atoms with Crippen molar-refractivity contribution in [3.63, 3.8) is 0 Å². The van der Waals surface area contributed by atoms with E-state index in [-0.39, 0.29) is 11.5 Å². The monoisotopic (exact) mass is 421 g/mol. The van der Waals surface area contributed by atoms with Gasteiger partial charge in [0.15, 0.2) is 12.4 Å². The maximum Gasteiger partial charge on any atom is 0.338 e. The summed E-state index contributed by atoms with van der Waals surface area (Å²) in [6.45, 7) is 1.82. The second-order valence-electron chi connectivity index (χ2n) is 6.67. The first-order valence-corrected chi connectivity index (χ1v) is 10.4. The van der Waals surface area contributed by atoms with Crippen LogP contribution >= 0.6 is 0 Å². The summed E-state index contributed by atoms with van der Waals surface area (Å²) in [5, 5.41) is 0. The third kappa shape index (κ3) is 5.01. The van der Waals surface area contributed by atoms with Crippen LogP contribution in [0.1, 0.15) is 15.9 Å². The van der Waals surface area contributed by atoms with Crippen LogP contribution in [0.4, 0.5) is 0 Å². The Kier molecular flexibility index (Phi) is 6.66. The van der Waals surface area contributed by atoms with Gasteiger partial charge in [0.2, 0.25) is 0 Å². The summed E-state index contributed by atoms with van der Waals surface area (Å²) < 4.78 is 47.1. The molecular weight excluding hydrogens is 398 g/mol. The molecule has 9 heteroatoms. The molecule has 2 N–H and O–H groups in total. The fraction of sp³-hybridized carbons (Fsp3) is 0.350. The molecule has 0 aromatic heterocycles. The molecule has 0 amide bonds. The van der Waals surface area contributed by atoms with Gasteiger partial charge in [-0.25, -0.2) is 4.79 Å². The van der Waals surface area contributed by atoms with Gasteiger partial charge in [-0.15, -0.1) is 0 Å². The maximum absolute atomic E-state index is 12.8. The molecule has 8 nitrogen and oxygen atoms in total. The average Bonchev–Trinajstić information content (AvgIpc) is 2.71. The van der Waals surface area contributed by atoms with Crippen molar-refractivity contribution in [2.24, 2.45) is 5.73 Å². The molecule has 1 heterocycles. The number of carbonyl (C=O) groups is 1. The van der Waals surface area contributed by atoms with Gasteiger partial charge in [0.05, 0.1) is 23.1 Å². The summed E-state index contributed by atoms with van der Waals surface area (Å²) in [6.07, 6.45) is -3.40. The maximum atomic E-state index is 12.8. The molecule has 2 aromatic carbocycles. The van der Waals surface area contributed by atoms with Crippen molar-refractivity contribution in [2.75, 3.05) is 13.7 Å². The van der Waals surface area contributed by atoms with Crippen molar-refractivity contribution in [3.05, 3.63) is 65.7 Å². The van der Waals surface area contributed by atoms with Crippen molar-refractivity contribution >= 4 is 16.1 Å². The smallest absolute Gasteiger partial charge is 0.338 e. The summed E-state index contributed by atoms with van der Waals surface area (Å²) in [4.78, 5) is 12.5. The molecule has 0 saturated carbocycles. The van der Waals surface area contributed by atoms with Gasteiger partial charge >= 0.3 is 5.97 Å². The molecule has 3 rings (SSSR count). The van der Waals surface area contributed by atoms with E-state index in [1.807, 2.05) is 6.92 Å². The van der Waals surface area contributed by atoms with Crippen molar-refractivity contribution in [3.8, 4) is 0 Å². The van der Waals surface area contributed by atoms with Gasteiger partial charge in [0.25, 0.3) is 10.1 Å². The Balaban J connectivity index is 1.86. The number of carbonyl (C=O) groups excluding carboxylic acids is 1. The first-order chi connectivity index (χ1) is 13.8. The third-order valence-electron chi connectivity index (χ3n) is 4.50. The minimum atomic E-state index is -4.16. The number of methoxy groups -OCH3 is 1. The van der Waals surface area contributed by atoms with Crippen molar-refractivity contribution in [1.82, 2.24) is 0 Å². The van der Waals surface area contributed by atoms with E-state index < -0.39 is 40.6 Å². The van der Waals surface area contributed by atoms with E-state index >= 15 is 0 Å². The second kappa shape index (κ2) is 9.02. The van der Waals surface area contributed by atoms with Gasteiger partial charge in [-0.2, -0.15) is 8.42 Å². The van der Waals surface area contributed by atoms with Gasteiger partial charge in [-0.05, 0) is 31.2 Å². The van der Waals surface area contributed by atoms with E-state index in [2.05, 4.69) is 0 Å². The standard InChI is InChI=1S/C20H23NO7S/c1-13-8-10-15(11-9-13)29(23,24)28-17-16(21)12-26-20(25-2)18(17)27-19(22)14-6-4-3-5-7-14/h3-11,16-18,20H,12,21H2,1-2H3/t16-,17+,18+,20-/m0/s1. The Morgan fingerprint density at radius 3 is 2.34 bits per heavy atom. The molecule has 29 heavy (non-hydrogen) atoms. The van der Waals surface area contributed by atoms with E-state index in [9.17, 15) is 13.2 Å². The zero-order valence-corrected chi connectivity index (χ0v) is 16.9. The predicted octanol–water partition coefficient (Wildman–Crippen LogP) is 1.62. The molecule has 1 aliphatic heterocycles. The number of esters is 1. The summed E-state index contributed by atoms with van der Waals surface area (Å²) in [5.41, 5.74) is 7.25.